The molecular formula is C14H15NO7S. The maximum Gasteiger partial charge on any atom is 0.304 e. The van der Waals surface area contributed by atoms with Gasteiger partial charge in [-0.3, -0.25) is 14.3 Å². The lowest BCUT2D eigenvalue weighted by Crippen LogP contribution is -2.39. The van der Waals surface area contributed by atoms with Gasteiger partial charge in [0.25, 0.3) is 5.69 Å². The second-order valence-electron chi connectivity index (χ2n) is 5.28. The Bertz CT molecular complexity index is 732. The van der Waals surface area contributed by atoms with E-state index in [9.17, 15) is 18.5 Å². The molecule has 23 heavy (non-hydrogen) atoms. The van der Waals surface area contributed by atoms with Gasteiger partial charge in [0.2, 0.25) is 0 Å². The van der Waals surface area contributed by atoms with Crippen molar-refractivity contribution in [3.8, 4) is 0 Å². The van der Waals surface area contributed by atoms with Gasteiger partial charge in [-0.15, -0.1) is 6.58 Å². The number of para-hydroxylation sites is 1. The molecule has 1 aromatic rings. The Hall–Kier alpha value is -1.81. The van der Waals surface area contributed by atoms with Crippen molar-refractivity contribution in [2.75, 3.05) is 6.61 Å². The lowest BCUT2D eigenvalue weighted by atomic mass is 10.1. The number of nitrogens with zero attached hydrogens (tertiary/aromatic N) is 1. The lowest BCUT2D eigenvalue weighted by Gasteiger charge is -2.24. The van der Waals surface area contributed by atoms with Gasteiger partial charge in [0.1, 0.15) is 18.3 Å². The number of nitro benzene ring substituents is 1. The van der Waals surface area contributed by atoms with Crippen molar-refractivity contribution in [2.45, 2.75) is 35.7 Å². The van der Waals surface area contributed by atoms with Gasteiger partial charge in [0, 0.05) is 6.07 Å². The molecule has 4 atom stereocenters. The molecule has 9 heteroatoms. The van der Waals surface area contributed by atoms with Crippen molar-refractivity contribution in [1.82, 2.24) is 0 Å². The first-order chi connectivity index (χ1) is 10.9. The fourth-order valence-corrected chi connectivity index (χ4v) is 3.86. The minimum absolute atomic E-state index is 0.0412. The number of rotatable bonds is 6. The predicted octanol–water partition coefficient (Wildman–Crippen LogP) is 1.41. The molecule has 0 N–H and O–H groups in total. The van der Waals surface area contributed by atoms with E-state index in [1.165, 1.54) is 12.1 Å². The molecule has 1 aromatic carbocycles. The van der Waals surface area contributed by atoms with Crippen molar-refractivity contribution in [2.24, 2.45) is 0 Å². The summed E-state index contributed by atoms with van der Waals surface area (Å²) >= 11 is 0. The maximum atomic E-state index is 12.3. The Labute approximate surface area is 132 Å². The molecule has 0 unspecified atom stereocenters. The van der Waals surface area contributed by atoms with Crippen LogP contribution in [0.3, 0.4) is 0 Å². The summed E-state index contributed by atoms with van der Waals surface area (Å²) in [6.07, 6.45) is 0.718. The monoisotopic (exact) mass is 341 g/mol. The van der Waals surface area contributed by atoms with Crippen LogP contribution < -0.4 is 0 Å². The molecule has 0 saturated carbocycles. The molecule has 2 aliphatic heterocycles. The van der Waals surface area contributed by atoms with Crippen LogP contribution in [0, 0.1) is 10.1 Å². The number of ether oxygens (including phenoxy) is 2. The van der Waals surface area contributed by atoms with E-state index in [1.54, 1.807) is 6.08 Å². The zero-order chi connectivity index (χ0) is 16.6. The molecular weight excluding hydrogens is 326 g/mol. The smallest absolute Gasteiger partial charge is 0.304 e. The van der Waals surface area contributed by atoms with Crippen molar-refractivity contribution in [3.63, 3.8) is 0 Å². The summed E-state index contributed by atoms with van der Waals surface area (Å²) in [5.41, 5.74) is -0.526. The molecule has 0 aliphatic carbocycles. The van der Waals surface area contributed by atoms with Gasteiger partial charge >= 0.3 is 10.1 Å². The van der Waals surface area contributed by atoms with E-state index in [-0.39, 0.29) is 24.9 Å². The zero-order valence-electron chi connectivity index (χ0n) is 12.0. The second kappa shape index (κ2) is 6.00. The van der Waals surface area contributed by atoms with Gasteiger partial charge < -0.3 is 9.47 Å². The van der Waals surface area contributed by atoms with Crippen molar-refractivity contribution >= 4 is 15.8 Å². The molecule has 0 spiro atoms. The summed E-state index contributed by atoms with van der Waals surface area (Å²) in [5.74, 6) is 0. The highest BCUT2D eigenvalue weighted by Gasteiger charge is 2.55. The number of hydrogen-bond donors (Lipinski definition) is 0. The number of nitro groups is 1. The van der Waals surface area contributed by atoms with E-state index in [4.69, 9.17) is 13.7 Å². The minimum atomic E-state index is -4.29. The van der Waals surface area contributed by atoms with Crippen LogP contribution >= 0.6 is 0 Å². The number of hydrogen-bond acceptors (Lipinski definition) is 7. The van der Waals surface area contributed by atoms with Gasteiger partial charge in [0.15, 0.2) is 4.90 Å². The lowest BCUT2D eigenvalue weighted by molar-refractivity contribution is -0.387. The van der Waals surface area contributed by atoms with Gasteiger partial charge in [0.05, 0.1) is 17.6 Å². The van der Waals surface area contributed by atoms with Gasteiger partial charge in [-0.25, -0.2) is 0 Å². The molecule has 124 valence electrons. The Morgan fingerprint density at radius 3 is 2.83 bits per heavy atom. The number of fused-ring (bicyclic) bond motifs is 1. The summed E-state index contributed by atoms with van der Waals surface area (Å²) in [5, 5.41) is 11.0. The van der Waals surface area contributed by atoms with Crippen LogP contribution in [0.25, 0.3) is 0 Å². The van der Waals surface area contributed by atoms with E-state index in [0.29, 0.717) is 6.42 Å². The summed E-state index contributed by atoms with van der Waals surface area (Å²) in [4.78, 5) is 9.74. The van der Waals surface area contributed by atoms with Gasteiger partial charge in [-0.05, 0) is 12.5 Å². The molecule has 2 saturated heterocycles. The molecule has 2 heterocycles. The molecule has 0 amide bonds. The summed E-state index contributed by atoms with van der Waals surface area (Å²) in [6, 6.07) is 5.05. The molecule has 0 aromatic heterocycles. The first kappa shape index (κ1) is 16.1. The largest absolute Gasteiger partial charge is 0.372 e. The molecule has 2 aliphatic rings. The molecule has 0 bridgehead atoms. The first-order valence-electron chi connectivity index (χ1n) is 6.98. The zero-order valence-corrected chi connectivity index (χ0v) is 12.8. The number of benzene rings is 1. The van der Waals surface area contributed by atoms with Gasteiger partial charge in [-0.2, -0.15) is 8.42 Å². The standard InChI is InChI=1S/C14H15NO7S/c1-2-5-10-13-14(21-13)11(8-20-10)22-23(18,19)12-7-4-3-6-9(12)15(16)17/h2-4,6-7,10-11,13-14H,1,5,8H2/t10-,11+,13-,14+/m1/s1. The van der Waals surface area contributed by atoms with Crippen LogP contribution in [-0.4, -0.2) is 44.4 Å². The third kappa shape index (κ3) is 3.13. The fraction of sp³-hybridized carbons (Fsp3) is 0.429. The van der Waals surface area contributed by atoms with Crippen LogP contribution in [0.5, 0.6) is 0 Å². The second-order valence-corrected chi connectivity index (χ2v) is 6.82. The first-order valence-corrected chi connectivity index (χ1v) is 8.39. The molecule has 3 rings (SSSR count). The summed E-state index contributed by atoms with van der Waals surface area (Å²) in [6.45, 7) is 3.67. The van der Waals surface area contributed by atoms with E-state index >= 15 is 0 Å². The Morgan fingerprint density at radius 1 is 1.39 bits per heavy atom. The Morgan fingerprint density at radius 2 is 2.13 bits per heavy atom. The molecule has 8 nitrogen and oxygen atoms in total. The van der Waals surface area contributed by atoms with E-state index < -0.39 is 31.7 Å². The average molecular weight is 341 g/mol. The normalized spacial score (nSPS) is 29.6. The molecule has 2 fully saturated rings. The van der Waals surface area contributed by atoms with Crippen LogP contribution in [0.2, 0.25) is 0 Å². The third-order valence-corrected chi connectivity index (χ3v) is 5.13. The molecule has 0 radical (unpaired) electrons. The van der Waals surface area contributed by atoms with Crippen LogP contribution in [0.1, 0.15) is 6.42 Å². The van der Waals surface area contributed by atoms with Crippen molar-refractivity contribution in [1.29, 1.82) is 0 Å². The van der Waals surface area contributed by atoms with Crippen molar-refractivity contribution < 1.29 is 27.0 Å². The third-order valence-electron chi connectivity index (χ3n) is 3.75. The highest BCUT2D eigenvalue weighted by molar-refractivity contribution is 7.87. The summed E-state index contributed by atoms with van der Waals surface area (Å²) in [7, 11) is -4.29. The van der Waals surface area contributed by atoms with Crippen LogP contribution in [0.15, 0.2) is 41.8 Å². The average Bonchev–Trinajstić information content (AvgIpc) is 3.31. The maximum absolute atomic E-state index is 12.3. The van der Waals surface area contributed by atoms with E-state index in [1.807, 2.05) is 0 Å². The predicted molar refractivity (Wildman–Crippen MR) is 78.4 cm³/mol. The SMILES string of the molecule is C=CC[C@H]1OC[C@H](OS(=O)(=O)c2ccccc2[N+](=O)[O-])[C@@H]2O[C@@H]21. The van der Waals surface area contributed by atoms with E-state index in [0.717, 1.165) is 12.1 Å². The van der Waals surface area contributed by atoms with E-state index in [2.05, 4.69) is 6.58 Å². The van der Waals surface area contributed by atoms with Crippen molar-refractivity contribution in [3.05, 3.63) is 47.0 Å². The quantitative estimate of drug-likeness (QED) is 0.253. The Kier molecular flexibility index (Phi) is 4.19. The highest BCUT2D eigenvalue weighted by Crippen LogP contribution is 2.39. The van der Waals surface area contributed by atoms with Crippen LogP contribution in [0.4, 0.5) is 5.69 Å². The minimum Gasteiger partial charge on any atom is -0.372 e. The topological polar surface area (TPSA) is 108 Å². The highest BCUT2D eigenvalue weighted by atomic mass is 32.2. The fourth-order valence-electron chi connectivity index (χ4n) is 2.63. The number of epoxide rings is 1. The van der Waals surface area contributed by atoms with Gasteiger partial charge in [-0.1, -0.05) is 18.2 Å². The van der Waals surface area contributed by atoms with Crippen LogP contribution in [-0.2, 0) is 23.8 Å². The Balaban J connectivity index is 1.76. The summed E-state index contributed by atoms with van der Waals surface area (Å²) < 4.78 is 40.8.